The summed E-state index contributed by atoms with van der Waals surface area (Å²) in [5, 5.41) is 2.86. The third-order valence-corrected chi connectivity index (χ3v) is 7.14. The number of amides is 1. The molecule has 0 aliphatic carbocycles. The number of carbonyl (C=O) groups is 1. The molecule has 1 aliphatic heterocycles. The Morgan fingerprint density at radius 3 is 2.55 bits per heavy atom. The summed E-state index contributed by atoms with van der Waals surface area (Å²) in [5.74, 6) is 0.416. The molecule has 0 bridgehead atoms. The van der Waals surface area contributed by atoms with E-state index in [1.165, 1.54) is 10.4 Å². The molecule has 29 heavy (non-hydrogen) atoms. The topological polar surface area (TPSA) is 75.7 Å². The van der Waals surface area contributed by atoms with Gasteiger partial charge in [-0.25, -0.2) is 8.42 Å². The second kappa shape index (κ2) is 9.41. The number of nitrogens with zero attached hydrogens (tertiary/aromatic N) is 1. The molecular formula is C22H28N2O4S. The zero-order valence-electron chi connectivity index (χ0n) is 17.0. The zero-order chi connectivity index (χ0) is 20.9. The van der Waals surface area contributed by atoms with E-state index in [-0.39, 0.29) is 10.8 Å². The molecule has 0 radical (unpaired) electrons. The number of aryl methyl sites for hydroxylation is 1. The predicted octanol–water partition coefficient (Wildman–Crippen LogP) is 3.50. The first kappa shape index (κ1) is 21.3. The summed E-state index contributed by atoms with van der Waals surface area (Å²) < 4.78 is 33.2. The fraction of sp³-hybridized carbons (Fsp3) is 0.409. The Morgan fingerprint density at radius 2 is 1.83 bits per heavy atom. The number of rotatable bonds is 7. The van der Waals surface area contributed by atoms with Crippen LogP contribution in [0.4, 0.5) is 0 Å². The van der Waals surface area contributed by atoms with Gasteiger partial charge >= 0.3 is 0 Å². The number of hydrogen-bond donors (Lipinski definition) is 1. The molecular weight excluding hydrogens is 388 g/mol. The summed E-state index contributed by atoms with van der Waals surface area (Å²) in [4.78, 5) is 12.9. The third kappa shape index (κ3) is 4.97. The van der Waals surface area contributed by atoms with E-state index >= 15 is 0 Å². The highest BCUT2D eigenvalue weighted by molar-refractivity contribution is 7.89. The molecule has 6 nitrogen and oxygen atoms in total. The van der Waals surface area contributed by atoms with Gasteiger partial charge in [-0.3, -0.25) is 4.79 Å². The lowest BCUT2D eigenvalue weighted by Crippen LogP contribution is -2.36. The summed E-state index contributed by atoms with van der Waals surface area (Å²) in [7, 11) is -3.60. The molecule has 156 valence electrons. The third-order valence-electron chi connectivity index (χ3n) is 5.10. The van der Waals surface area contributed by atoms with Gasteiger partial charge in [-0.05, 0) is 50.5 Å². The fourth-order valence-corrected chi connectivity index (χ4v) is 5.26. The van der Waals surface area contributed by atoms with Crippen molar-refractivity contribution in [2.24, 2.45) is 0 Å². The molecule has 0 spiro atoms. The van der Waals surface area contributed by atoms with E-state index < -0.39 is 10.0 Å². The molecule has 2 aromatic carbocycles. The molecule has 2 aromatic rings. The van der Waals surface area contributed by atoms with Crippen molar-refractivity contribution in [1.82, 2.24) is 9.62 Å². The SMILES string of the molecule is CCOc1ccccc1CNC(=O)c1ccc(C)c(S(=O)(=O)N2CCCCC2)c1. The van der Waals surface area contributed by atoms with Crippen molar-refractivity contribution < 1.29 is 17.9 Å². The Bertz CT molecular complexity index is 967. The minimum Gasteiger partial charge on any atom is -0.494 e. The molecule has 0 atom stereocenters. The van der Waals surface area contributed by atoms with Crippen molar-refractivity contribution in [3.63, 3.8) is 0 Å². The normalized spacial score (nSPS) is 15.1. The molecule has 1 fully saturated rings. The zero-order valence-corrected chi connectivity index (χ0v) is 17.8. The van der Waals surface area contributed by atoms with Crippen molar-refractivity contribution in [3.05, 3.63) is 59.2 Å². The number of hydrogen-bond acceptors (Lipinski definition) is 4. The molecule has 0 unspecified atom stereocenters. The van der Waals surface area contributed by atoms with Crippen LogP contribution in [0, 0.1) is 6.92 Å². The average molecular weight is 417 g/mol. The van der Waals surface area contributed by atoms with E-state index in [1.54, 1.807) is 19.1 Å². The van der Waals surface area contributed by atoms with Crippen molar-refractivity contribution in [2.45, 2.75) is 44.6 Å². The minimum absolute atomic E-state index is 0.210. The summed E-state index contributed by atoms with van der Waals surface area (Å²) in [6, 6.07) is 12.4. The van der Waals surface area contributed by atoms with Crippen LogP contribution in [0.5, 0.6) is 5.75 Å². The largest absolute Gasteiger partial charge is 0.494 e. The standard InChI is InChI=1S/C22H28N2O4S/c1-3-28-20-10-6-5-9-19(20)16-23-22(25)18-12-11-17(2)21(15-18)29(26,27)24-13-7-4-8-14-24/h5-6,9-12,15H,3-4,7-8,13-14,16H2,1-2H3,(H,23,25). The molecule has 7 heteroatoms. The van der Waals surface area contributed by atoms with Gasteiger partial charge in [-0.15, -0.1) is 0 Å². The first-order valence-corrected chi connectivity index (χ1v) is 11.5. The van der Waals surface area contributed by atoms with E-state index in [2.05, 4.69) is 5.32 Å². The Morgan fingerprint density at radius 1 is 1.10 bits per heavy atom. The van der Waals surface area contributed by atoms with Gasteiger partial charge in [-0.2, -0.15) is 4.31 Å². The number of carbonyl (C=O) groups excluding carboxylic acids is 1. The maximum absolute atomic E-state index is 13.1. The van der Waals surface area contributed by atoms with E-state index in [4.69, 9.17) is 4.74 Å². The predicted molar refractivity (Wildman–Crippen MR) is 113 cm³/mol. The maximum Gasteiger partial charge on any atom is 0.251 e. The molecule has 1 amide bonds. The van der Waals surface area contributed by atoms with Gasteiger partial charge in [-0.1, -0.05) is 30.7 Å². The molecule has 0 saturated carbocycles. The highest BCUT2D eigenvalue weighted by Crippen LogP contribution is 2.24. The molecule has 1 N–H and O–H groups in total. The van der Waals surface area contributed by atoms with Gasteiger partial charge in [0.2, 0.25) is 10.0 Å². The van der Waals surface area contributed by atoms with Crippen LogP contribution in [-0.2, 0) is 16.6 Å². The van der Waals surface area contributed by atoms with E-state index in [0.717, 1.165) is 30.6 Å². The van der Waals surface area contributed by atoms with Crippen LogP contribution in [0.1, 0.15) is 47.7 Å². The lowest BCUT2D eigenvalue weighted by atomic mass is 10.1. The number of piperidine rings is 1. The van der Waals surface area contributed by atoms with Gasteiger partial charge in [0.25, 0.3) is 5.91 Å². The van der Waals surface area contributed by atoms with Gasteiger partial charge in [0.15, 0.2) is 0 Å². The molecule has 1 heterocycles. The van der Waals surface area contributed by atoms with E-state index in [0.29, 0.717) is 37.4 Å². The summed E-state index contributed by atoms with van der Waals surface area (Å²) >= 11 is 0. The summed E-state index contributed by atoms with van der Waals surface area (Å²) in [6.07, 6.45) is 2.80. The van der Waals surface area contributed by atoms with Crippen molar-refractivity contribution in [3.8, 4) is 5.75 Å². The second-order valence-electron chi connectivity index (χ2n) is 7.17. The van der Waals surface area contributed by atoms with Crippen LogP contribution >= 0.6 is 0 Å². The van der Waals surface area contributed by atoms with Gasteiger partial charge in [0.1, 0.15) is 5.75 Å². The van der Waals surface area contributed by atoms with Gasteiger partial charge in [0.05, 0.1) is 11.5 Å². The maximum atomic E-state index is 13.1. The van der Waals surface area contributed by atoms with Crippen LogP contribution in [0.25, 0.3) is 0 Å². The first-order valence-electron chi connectivity index (χ1n) is 10.0. The van der Waals surface area contributed by atoms with Crippen LogP contribution < -0.4 is 10.1 Å². The van der Waals surface area contributed by atoms with Crippen molar-refractivity contribution in [2.75, 3.05) is 19.7 Å². The van der Waals surface area contributed by atoms with Gasteiger partial charge in [0, 0.05) is 30.8 Å². The quantitative estimate of drug-likeness (QED) is 0.750. The van der Waals surface area contributed by atoms with Crippen LogP contribution in [0.3, 0.4) is 0 Å². The number of sulfonamides is 1. The van der Waals surface area contributed by atoms with Crippen molar-refractivity contribution >= 4 is 15.9 Å². The second-order valence-corrected chi connectivity index (χ2v) is 9.07. The average Bonchev–Trinajstić information content (AvgIpc) is 2.74. The number of nitrogens with one attached hydrogen (secondary N) is 1. The lowest BCUT2D eigenvalue weighted by molar-refractivity contribution is 0.0950. The highest BCUT2D eigenvalue weighted by atomic mass is 32.2. The van der Waals surface area contributed by atoms with E-state index in [9.17, 15) is 13.2 Å². The number of para-hydroxylation sites is 1. The van der Waals surface area contributed by atoms with Crippen molar-refractivity contribution in [1.29, 1.82) is 0 Å². The molecule has 1 saturated heterocycles. The fourth-order valence-electron chi connectivity index (χ4n) is 3.49. The Hall–Kier alpha value is -2.38. The Balaban J connectivity index is 1.78. The first-order chi connectivity index (χ1) is 13.9. The van der Waals surface area contributed by atoms with E-state index in [1.807, 2.05) is 31.2 Å². The monoisotopic (exact) mass is 416 g/mol. The summed E-state index contributed by atoms with van der Waals surface area (Å²) in [6.45, 7) is 5.58. The van der Waals surface area contributed by atoms with Crippen LogP contribution in [0.15, 0.2) is 47.4 Å². The molecule has 3 rings (SSSR count). The lowest BCUT2D eigenvalue weighted by Gasteiger charge is -2.26. The van der Waals surface area contributed by atoms with Crippen LogP contribution in [0.2, 0.25) is 0 Å². The smallest absolute Gasteiger partial charge is 0.251 e. The Kier molecular flexibility index (Phi) is 6.92. The Labute approximate surface area is 172 Å². The van der Waals surface area contributed by atoms with Gasteiger partial charge < -0.3 is 10.1 Å². The number of benzene rings is 2. The minimum atomic E-state index is -3.60. The number of ether oxygens (including phenoxy) is 1. The molecule has 0 aromatic heterocycles. The molecule has 1 aliphatic rings. The van der Waals surface area contributed by atoms with Crippen LogP contribution in [-0.4, -0.2) is 38.3 Å². The highest BCUT2D eigenvalue weighted by Gasteiger charge is 2.28. The summed E-state index contributed by atoms with van der Waals surface area (Å²) in [5.41, 5.74) is 1.85.